The third-order valence-electron chi connectivity index (χ3n) is 9.94. The van der Waals surface area contributed by atoms with Gasteiger partial charge in [0.25, 0.3) is 5.91 Å². The molecule has 1 spiro atoms. The Kier molecular flexibility index (Phi) is 8.86. The Balaban J connectivity index is 1.90. The Morgan fingerprint density at radius 3 is 2.49 bits per heavy atom. The van der Waals surface area contributed by atoms with Crippen LogP contribution < -0.4 is 4.90 Å². The summed E-state index contributed by atoms with van der Waals surface area (Å²) in [5, 5.41) is 10.6. The fourth-order valence-electron chi connectivity index (χ4n) is 7.62. The molecule has 2 bridgehead atoms. The average molecular weight is 567 g/mol. The molecule has 8 atom stereocenters. The number of rotatable bonds is 12. The summed E-state index contributed by atoms with van der Waals surface area (Å²) in [7, 11) is 0. The van der Waals surface area contributed by atoms with Gasteiger partial charge in [-0.05, 0) is 56.6 Å². The summed E-state index contributed by atoms with van der Waals surface area (Å²) in [5.41, 5.74) is 0.406. The molecule has 3 aliphatic rings. The van der Waals surface area contributed by atoms with Crippen LogP contribution in [0, 0.1) is 37.5 Å². The highest BCUT2D eigenvalue weighted by atomic mass is 16.6. The molecule has 0 aromatic heterocycles. The number of hydrogen-bond donors (Lipinski definition) is 1. The Bertz CT molecular complexity index is 1190. The quantitative estimate of drug-likeness (QED) is 0.230. The molecule has 8 nitrogen and oxygen atoms in total. The maximum atomic E-state index is 14.9. The summed E-state index contributed by atoms with van der Waals surface area (Å²) in [5.74, 6) is -3.07. The van der Waals surface area contributed by atoms with Gasteiger partial charge >= 0.3 is 5.97 Å². The minimum Gasteiger partial charge on any atom is -0.465 e. The number of amides is 2. The lowest BCUT2D eigenvalue weighted by Crippen LogP contribution is -2.60. The van der Waals surface area contributed by atoms with Gasteiger partial charge < -0.3 is 24.4 Å². The normalized spacial score (nSPS) is 31.5. The number of carbonyl (C=O) groups excluding carboxylic acids is 3. The topological polar surface area (TPSA) is 96.4 Å². The van der Waals surface area contributed by atoms with Gasteiger partial charge in [0.2, 0.25) is 5.91 Å². The number of fused-ring (bicyclic) bond motifs is 1. The van der Waals surface area contributed by atoms with E-state index >= 15 is 0 Å². The van der Waals surface area contributed by atoms with Crippen molar-refractivity contribution in [1.82, 2.24) is 4.90 Å². The van der Waals surface area contributed by atoms with E-state index in [1.807, 2.05) is 59.7 Å². The Morgan fingerprint density at radius 1 is 1.27 bits per heavy atom. The second-order valence-electron chi connectivity index (χ2n) is 12.3. The third-order valence-corrected chi connectivity index (χ3v) is 9.94. The summed E-state index contributed by atoms with van der Waals surface area (Å²) in [6.07, 6.45) is 4.98. The maximum Gasteiger partial charge on any atom is 0.312 e. The molecule has 2 amide bonds. The van der Waals surface area contributed by atoms with E-state index in [9.17, 15) is 19.5 Å². The average Bonchev–Trinajstić information content (AvgIpc) is 3.45. The molecule has 3 fully saturated rings. The molecule has 8 heteroatoms. The van der Waals surface area contributed by atoms with Gasteiger partial charge in [-0.2, -0.15) is 0 Å². The fraction of sp³-hybridized carbons (Fsp3) is 0.606. The number of benzene rings is 1. The predicted molar refractivity (Wildman–Crippen MR) is 158 cm³/mol. The van der Waals surface area contributed by atoms with Crippen LogP contribution in [0.15, 0.2) is 43.5 Å². The van der Waals surface area contributed by atoms with Crippen molar-refractivity contribution >= 4 is 23.5 Å². The highest BCUT2D eigenvalue weighted by Gasteiger charge is 2.81. The van der Waals surface area contributed by atoms with Gasteiger partial charge in [-0.3, -0.25) is 14.4 Å². The number of para-hydroxylation sites is 1. The largest absolute Gasteiger partial charge is 0.465 e. The van der Waals surface area contributed by atoms with Gasteiger partial charge in [0.15, 0.2) is 0 Å². The first-order chi connectivity index (χ1) is 19.4. The number of aryl methyl sites for hydroxylation is 2. The van der Waals surface area contributed by atoms with E-state index in [0.717, 1.165) is 16.8 Å². The third kappa shape index (κ3) is 4.73. The van der Waals surface area contributed by atoms with Crippen molar-refractivity contribution in [3.8, 4) is 0 Å². The number of nitrogens with zero attached hydrogens (tertiary/aromatic N) is 2. The molecule has 4 rings (SSSR count). The van der Waals surface area contributed by atoms with Crippen molar-refractivity contribution < 1.29 is 29.0 Å². The van der Waals surface area contributed by atoms with Gasteiger partial charge in [0, 0.05) is 12.2 Å². The van der Waals surface area contributed by atoms with E-state index < -0.39 is 41.1 Å². The lowest BCUT2D eigenvalue weighted by atomic mass is 9.62. The lowest BCUT2D eigenvalue weighted by Gasteiger charge is -2.41. The molecule has 0 aliphatic carbocycles. The van der Waals surface area contributed by atoms with Crippen LogP contribution in [0.4, 0.5) is 5.69 Å². The number of esters is 1. The second-order valence-corrected chi connectivity index (χ2v) is 12.3. The molecule has 3 heterocycles. The first-order valence-corrected chi connectivity index (χ1v) is 14.8. The van der Waals surface area contributed by atoms with Crippen LogP contribution in [0.1, 0.15) is 58.1 Å². The van der Waals surface area contributed by atoms with Crippen molar-refractivity contribution in [2.75, 3.05) is 24.7 Å². The van der Waals surface area contributed by atoms with Crippen LogP contribution in [0.2, 0.25) is 0 Å². The Hall–Kier alpha value is -2.97. The first kappa shape index (κ1) is 31.0. The molecule has 1 aromatic rings. The SMILES string of the molecule is C=CCCOC(=O)[C@@H]1[C@H]2C(=O)N([C@@H](CO)[C@@H](C)CC)C(C(=O)N(CC=C)c3c(C)cccc3C)C23CC(C)[C@@]1(C)O3. The number of hydrogen-bond acceptors (Lipinski definition) is 6. The van der Waals surface area contributed by atoms with Gasteiger partial charge in [0.1, 0.15) is 17.6 Å². The molecule has 0 radical (unpaired) electrons. The fourth-order valence-corrected chi connectivity index (χ4v) is 7.62. The summed E-state index contributed by atoms with van der Waals surface area (Å²) < 4.78 is 12.5. The minimum atomic E-state index is -1.23. The van der Waals surface area contributed by atoms with Crippen molar-refractivity contribution in [3.05, 3.63) is 54.6 Å². The monoisotopic (exact) mass is 566 g/mol. The van der Waals surface area contributed by atoms with E-state index in [-0.39, 0.29) is 43.4 Å². The zero-order valence-corrected chi connectivity index (χ0v) is 25.4. The number of aliphatic hydroxyl groups is 1. The summed E-state index contributed by atoms with van der Waals surface area (Å²) in [4.78, 5) is 46.4. The van der Waals surface area contributed by atoms with Crippen molar-refractivity contribution in [2.45, 2.75) is 84.1 Å². The molecule has 41 heavy (non-hydrogen) atoms. The van der Waals surface area contributed by atoms with Crippen molar-refractivity contribution in [3.63, 3.8) is 0 Å². The zero-order chi connectivity index (χ0) is 30.3. The van der Waals surface area contributed by atoms with E-state index in [0.29, 0.717) is 19.3 Å². The lowest BCUT2D eigenvalue weighted by molar-refractivity contribution is -0.162. The number of carbonyl (C=O) groups is 3. The molecule has 224 valence electrons. The number of anilines is 1. The highest BCUT2D eigenvalue weighted by Crippen LogP contribution is 2.66. The predicted octanol–water partition coefficient (Wildman–Crippen LogP) is 4.36. The standard InChI is InChI=1S/C33H46N2O6/c1-9-12-17-40-31(39)26-25-29(37)35(24(19-36)20(4)11-3)28(33(25)18-23(7)32(26,8)41-33)30(38)34(16-10-2)27-21(5)14-13-15-22(27)6/h9-10,13-15,20,23-26,28,36H,1-2,11-12,16-19H2,3-8H3/t20-,23?,24-,25-,26-,28?,32+,33?/m0/s1. The molecule has 3 saturated heterocycles. The van der Waals surface area contributed by atoms with Gasteiger partial charge in [-0.15, -0.1) is 13.2 Å². The van der Waals surface area contributed by atoms with Crippen LogP contribution >= 0.6 is 0 Å². The van der Waals surface area contributed by atoms with Crippen molar-refractivity contribution in [1.29, 1.82) is 0 Å². The Labute approximate surface area is 244 Å². The van der Waals surface area contributed by atoms with E-state index in [2.05, 4.69) is 13.2 Å². The summed E-state index contributed by atoms with van der Waals surface area (Å²) in [6, 6.07) is 4.21. The van der Waals surface area contributed by atoms with Gasteiger partial charge in [0.05, 0.1) is 30.8 Å². The van der Waals surface area contributed by atoms with Crippen molar-refractivity contribution in [2.24, 2.45) is 23.7 Å². The number of aliphatic hydroxyl groups excluding tert-OH is 1. The number of ether oxygens (including phenoxy) is 2. The van der Waals surface area contributed by atoms with Crippen LogP contribution in [0.25, 0.3) is 0 Å². The Morgan fingerprint density at radius 2 is 1.93 bits per heavy atom. The van der Waals surface area contributed by atoms with Crippen LogP contribution in [0.3, 0.4) is 0 Å². The van der Waals surface area contributed by atoms with Crippen LogP contribution in [-0.2, 0) is 23.9 Å². The smallest absolute Gasteiger partial charge is 0.312 e. The molecular weight excluding hydrogens is 520 g/mol. The second kappa shape index (κ2) is 11.7. The molecular formula is C33H46N2O6. The number of likely N-dealkylation sites (tertiary alicyclic amines) is 1. The van der Waals surface area contributed by atoms with Gasteiger partial charge in [-0.25, -0.2) is 0 Å². The molecule has 3 aliphatic heterocycles. The van der Waals surface area contributed by atoms with Crippen LogP contribution in [0.5, 0.6) is 0 Å². The molecule has 0 saturated carbocycles. The summed E-state index contributed by atoms with van der Waals surface area (Å²) in [6.45, 7) is 19.4. The van der Waals surface area contributed by atoms with Gasteiger partial charge in [-0.1, -0.05) is 57.5 Å². The molecule has 1 aromatic carbocycles. The zero-order valence-electron chi connectivity index (χ0n) is 25.4. The van der Waals surface area contributed by atoms with E-state index in [1.54, 1.807) is 22.0 Å². The first-order valence-electron chi connectivity index (χ1n) is 14.8. The summed E-state index contributed by atoms with van der Waals surface area (Å²) >= 11 is 0. The van der Waals surface area contributed by atoms with E-state index in [1.165, 1.54) is 0 Å². The maximum absolute atomic E-state index is 14.9. The highest BCUT2D eigenvalue weighted by molar-refractivity contribution is 6.05. The van der Waals surface area contributed by atoms with Crippen LogP contribution in [-0.4, -0.2) is 70.8 Å². The van der Waals surface area contributed by atoms with E-state index in [4.69, 9.17) is 9.47 Å². The molecule has 3 unspecified atom stereocenters. The minimum absolute atomic E-state index is 0.0919. The molecule has 1 N–H and O–H groups in total.